The van der Waals surface area contributed by atoms with Crippen molar-refractivity contribution in [3.05, 3.63) is 47.3 Å². The first-order chi connectivity index (χ1) is 9.08. The van der Waals surface area contributed by atoms with Crippen LogP contribution < -0.4 is 0 Å². The molecule has 100 valence electrons. The third kappa shape index (κ3) is 4.54. The first-order valence-corrected chi connectivity index (χ1v) is 5.77. The number of carbonyl (C=O) groups excluding carboxylic acids is 1. The average molecular weight is 261 g/mol. The van der Waals surface area contributed by atoms with Crippen LogP contribution in [0.3, 0.4) is 0 Å². The van der Waals surface area contributed by atoms with Crippen LogP contribution >= 0.6 is 0 Å². The first kappa shape index (κ1) is 14.9. The summed E-state index contributed by atoms with van der Waals surface area (Å²) in [6.45, 7) is 8.57. The Hall–Kier alpha value is -2.16. The van der Waals surface area contributed by atoms with Gasteiger partial charge in [-0.1, -0.05) is 36.4 Å². The van der Waals surface area contributed by atoms with Gasteiger partial charge in [-0.05, 0) is 12.5 Å². The highest BCUT2D eigenvalue weighted by Gasteiger charge is 2.23. The van der Waals surface area contributed by atoms with Crippen LogP contribution in [-0.2, 0) is 9.53 Å². The molecule has 19 heavy (non-hydrogen) atoms. The number of aliphatic hydroxyl groups is 2. The van der Waals surface area contributed by atoms with E-state index in [1.165, 1.54) is 6.08 Å². The SMILES string of the molecule is [C-]#[N+]c1ccc(/C=C/[C@@H](O)[C@H](O)C(=O)OCC)cc1. The van der Waals surface area contributed by atoms with Crippen LogP contribution in [0.15, 0.2) is 30.3 Å². The molecule has 0 heterocycles. The largest absolute Gasteiger partial charge is 0.464 e. The van der Waals surface area contributed by atoms with Crippen molar-refractivity contribution in [2.75, 3.05) is 6.61 Å². The number of rotatable bonds is 5. The van der Waals surface area contributed by atoms with Crippen molar-refractivity contribution in [1.82, 2.24) is 0 Å². The number of hydrogen-bond acceptors (Lipinski definition) is 4. The van der Waals surface area contributed by atoms with Gasteiger partial charge in [-0.15, -0.1) is 0 Å². The lowest BCUT2D eigenvalue weighted by Crippen LogP contribution is -2.34. The Morgan fingerprint density at radius 3 is 2.58 bits per heavy atom. The number of nitrogens with zero attached hydrogens (tertiary/aromatic N) is 1. The molecule has 0 amide bonds. The molecule has 0 aliphatic heterocycles. The van der Waals surface area contributed by atoms with Gasteiger partial charge in [0.25, 0.3) is 0 Å². The van der Waals surface area contributed by atoms with Crippen LogP contribution in [-0.4, -0.2) is 35.0 Å². The molecule has 0 aromatic heterocycles. The van der Waals surface area contributed by atoms with E-state index in [2.05, 4.69) is 9.58 Å². The predicted octanol–water partition coefficient (Wildman–Crippen LogP) is 1.54. The van der Waals surface area contributed by atoms with Crippen molar-refractivity contribution in [3.63, 3.8) is 0 Å². The van der Waals surface area contributed by atoms with E-state index in [1.54, 1.807) is 37.3 Å². The highest BCUT2D eigenvalue weighted by molar-refractivity contribution is 5.75. The third-order valence-electron chi connectivity index (χ3n) is 2.36. The van der Waals surface area contributed by atoms with Gasteiger partial charge < -0.3 is 14.9 Å². The maximum atomic E-state index is 11.2. The van der Waals surface area contributed by atoms with E-state index in [-0.39, 0.29) is 6.61 Å². The summed E-state index contributed by atoms with van der Waals surface area (Å²) < 4.78 is 4.59. The number of carbonyl (C=O) groups is 1. The molecule has 1 aromatic rings. The third-order valence-corrected chi connectivity index (χ3v) is 2.36. The Morgan fingerprint density at radius 1 is 1.42 bits per heavy atom. The van der Waals surface area contributed by atoms with E-state index >= 15 is 0 Å². The molecule has 0 saturated carbocycles. The van der Waals surface area contributed by atoms with Gasteiger partial charge in [0.05, 0.1) is 13.2 Å². The second-order valence-electron chi connectivity index (χ2n) is 3.75. The summed E-state index contributed by atoms with van der Waals surface area (Å²) in [5.41, 5.74) is 1.27. The minimum absolute atomic E-state index is 0.143. The summed E-state index contributed by atoms with van der Waals surface area (Å²) in [5, 5.41) is 19.1. The zero-order chi connectivity index (χ0) is 14.3. The standard InChI is InChI=1S/C14H15NO4/c1-3-19-14(18)13(17)12(16)9-6-10-4-7-11(15-2)8-5-10/h4-9,12-13,16-17H,3H2,1H3/b9-6+/t12-,13+/m1/s1. The van der Waals surface area contributed by atoms with E-state index in [9.17, 15) is 15.0 Å². The Balaban J connectivity index is 2.64. The van der Waals surface area contributed by atoms with Crippen LogP contribution in [0.25, 0.3) is 10.9 Å². The fourth-order valence-electron chi connectivity index (χ4n) is 1.34. The lowest BCUT2D eigenvalue weighted by Gasteiger charge is -2.12. The molecular formula is C14H15NO4. The highest BCUT2D eigenvalue weighted by atomic mass is 16.5. The topological polar surface area (TPSA) is 71.1 Å². The molecule has 0 aliphatic rings. The van der Waals surface area contributed by atoms with Crippen LogP contribution in [0.2, 0.25) is 0 Å². The van der Waals surface area contributed by atoms with Crippen molar-refractivity contribution in [2.24, 2.45) is 0 Å². The minimum atomic E-state index is -1.60. The van der Waals surface area contributed by atoms with Gasteiger partial charge in [0.1, 0.15) is 6.10 Å². The van der Waals surface area contributed by atoms with Crippen LogP contribution in [0.1, 0.15) is 12.5 Å². The summed E-state index contributed by atoms with van der Waals surface area (Å²) in [6, 6.07) is 6.68. The molecular weight excluding hydrogens is 246 g/mol. The highest BCUT2D eigenvalue weighted by Crippen LogP contribution is 2.14. The molecule has 0 bridgehead atoms. The summed E-state index contributed by atoms with van der Waals surface area (Å²) in [6.07, 6.45) is -0.0757. The fraction of sp³-hybridized carbons (Fsp3) is 0.286. The second-order valence-corrected chi connectivity index (χ2v) is 3.75. The molecule has 2 atom stereocenters. The lowest BCUT2D eigenvalue weighted by molar-refractivity contribution is -0.157. The number of esters is 1. The summed E-state index contributed by atoms with van der Waals surface area (Å²) in [7, 11) is 0. The first-order valence-electron chi connectivity index (χ1n) is 5.77. The predicted molar refractivity (Wildman–Crippen MR) is 70.4 cm³/mol. The average Bonchev–Trinajstić information content (AvgIpc) is 2.44. The number of aliphatic hydroxyl groups excluding tert-OH is 2. The van der Waals surface area contributed by atoms with Crippen LogP contribution in [0.5, 0.6) is 0 Å². The van der Waals surface area contributed by atoms with Crippen molar-refractivity contribution in [2.45, 2.75) is 19.1 Å². The molecule has 0 aliphatic carbocycles. The molecule has 1 rings (SSSR count). The van der Waals surface area contributed by atoms with Gasteiger partial charge in [-0.2, -0.15) is 0 Å². The van der Waals surface area contributed by atoms with Gasteiger partial charge >= 0.3 is 5.97 Å². The normalized spacial score (nSPS) is 13.8. The lowest BCUT2D eigenvalue weighted by atomic mass is 10.1. The molecule has 5 nitrogen and oxygen atoms in total. The number of ether oxygens (including phenoxy) is 1. The molecule has 5 heteroatoms. The maximum Gasteiger partial charge on any atom is 0.338 e. The fourth-order valence-corrected chi connectivity index (χ4v) is 1.34. The zero-order valence-corrected chi connectivity index (χ0v) is 10.5. The molecule has 2 N–H and O–H groups in total. The molecule has 1 aromatic carbocycles. The quantitative estimate of drug-likeness (QED) is 0.623. The summed E-state index contributed by atoms with van der Waals surface area (Å²) in [4.78, 5) is 14.4. The van der Waals surface area contributed by atoms with Gasteiger partial charge in [-0.25, -0.2) is 9.64 Å². The van der Waals surface area contributed by atoms with Crippen LogP contribution in [0, 0.1) is 6.57 Å². The molecule has 0 radical (unpaired) electrons. The van der Waals surface area contributed by atoms with Crippen molar-refractivity contribution < 1.29 is 19.7 Å². The van der Waals surface area contributed by atoms with Gasteiger partial charge in [-0.3, -0.25) is 0 Å². The van der Waals surface area contributed by atoms with Crippen molar-refractivity contribution >= 4 is 17.7 Å². The number of hydrogen-bond donors (Lipinski definition) is 2. The second kappa shape index (κ2) is 7.31. The van der Waals surface area contributed by atoms with Gasteiger partial charge in [0, 0.05) is 0 Å². The molecule has 0 unspecified atom stereocenters. The maximum absolute atomic E-state index is 11.2. The van der Waals surface area contributed by atoms with Crippen molar-refractivity contribution in [3.8, 4) is 0 Å². The van der Waals surface area contributed by atoms with E-state index in [1.807, 2.05) is 0 Å². The van der Waals surface area contributed by atoms with Crippen molar-refractivity contribution in [1.29, 1.82) is 0 Å². The monoisotopic (exact) mass is 261 g/mol. The zero-order valence-electron chi connectivity index (χ0n) is 10.5. The van der Waals surface area contributed by atoms with E-state index < -0.39 is 18.2 Å². The Kier molecular flexibility index (Phi) is 5.73. The smallest absolute Gasteiger partial charge is 0.338 e. The van der Waals surface area contributed by atoms with E-state index in [0.717, 1.165) is 5.56 Å². The summed E-state index contributed by atoms with van der Waals surface area (Å²) in [5.74, 6) is -0.858. The Labute approximate surface area is 111 Å². The Bertz CT molecular complexity index is 487. The van der Waals surface area contributed by atoms with Crippen LogP contribution in [0.4, 0.5) is 5.69 Å². The minimum Gasteiger partial charge on any atom is -0.464 e. The summed E-state index contributed by atoms with van der Waals surface area (Å²) >= 11 is 0. The van der Waals surface area contributed by atoms with Gasteiger partial charge in [0.2, 0.25) is 0 Å². The van der Waals surface area contributed by atoms with Gasteiger partial charge in [0.15, 0.2) is 11.8 Å². The molecule has 0 saturated heterocycles. The Morgan fingerprint density at radius 2 is 2.05 bits per heavy atom. The molecule has 0 fully saturated rings. The van der Waals surface area contributed by atoms with E-state index in [4.69, 9.17) is 6.57 Å². The number of benzene rings is 1. The van der Waals surface area contributed by atoms with E-state index in [0.29, 0.717) is 5.69 Å². The molecule has 0 spiro atoms.